The molecule has 4 nitrogen and oxygen atoms in total. The molecule has 0 unspecified atom stereocenters. The molecular weight excluding hydrogens is 240 g/mol. The van der Waals surface area contributed by atoms with E-state index in [1.807, 2.05) is 36.4 Å². The maximum Gasteiger partial charge on any atom is 0.0929 e. The smallest absolute Gasteiger partial charge is 0.0929 e. The van der Waals surface area contributed by atoms with Crippen molar-refractivity contribution < 1.29 is 10.2 Å². The van der Waals surface area contributed by atoms with Gasteiger partial charge < -0.3 is 15.5 Å². The number of aliphatic hydroxyl groups is 2. The first-order valence-electron chi connectivity index (χ1n) is 6.28. The number of benzene rings is 1. The Morgan fingerprint density at radius 2 is 1.79 bits per heavy atom. The highest BCUT2D eigenvalue weighted by molar-refractivity contribution is 5.19. The molecule has 0 fully saturated rings. The van der Waals surface area contributed by atoms with Gasteiger partial charge in [-0.1, -0.05) is 36.4 Å². The van der Waals surface area contributed by atoms with Crippen LogP contribution in [0, 0.1) is 0 Å². The largest absolute Gasteiger partial charge is 0.394 e. The first-order chi connectivity index (χ1) is 9.31. The Bertz CT molecular complexity index is 476. The molecule has 0 saturated heterocycles. The second-order valence-corrected chi connectivity index (χ2v) is 4.36. The molecule has 1 aromatic carbocycles. The maximum absolute atomic E-state index is 10.0. The number of hydrogen-bond donors (Lipinski definition) is 3. The molecule has 100 valence electrons. The summed E-state index contributed by atoms with van der Waals surface area (Å²) in [6.07, 6.45) is 2.68. The third-order valence-electron chi connectivity index (χ3n) is 3.01. The Morgan fingerprint density at radius 3 is 2.42 bits per heavy atom. The van der Waals surface area contributed by atoms with Gasteiger partial charge >= 0.3 is 0 Å². The highest BCUT2D eigenvalue weighted by atomic mass is 16.3. The van der Waals surface area contributed by atoms with Gasteiger partial charge in [0.2, 0.25) is 0 Å². The van der Waals surface area contributed by atoms with E-state index in [0.29, 0.717) is 6.54 Å². The van der Waals surface area contributed by atoms with Gasteiger partial charge in [0.05, 0.1) is 18.8 Å². The molecule has 2 rings (SSSR count). The van der Waals surface area contributed by atoms with Gasteiger partial charge in [0, 0.05) is 24.5 Å². The average Bonchev–Trinajstić information content (AvgIpc) is 2.49. The van der Waals surface area contributed by atoms with Gasteiger partial charge in [-0.2, -0.15) is 0 Å². The van der Waals surface area contributed by atoms with Crippen LogP contribution in [0.15, 0.2) is 54.9 Å². The van der Waals surface area contributed by atoms with E-state index in [1.165, 1.54) is 0 Å². The van der Waals surface area contributed by atoms with Gasteiger partial charge in [-0.25, -0.2) is 0 Å². The number of rotatable bonds is 6. The van der Waals surface area contributed by atoms with Crippen LogP contribution in [-0.4, -0.2) is 28.3 Å². The minimum absolute atomic E-state index is 0.0101. The van der Waals surface area contributed by atoms with Crippen molar-refractivity contribution in [2.24, 2.45) is 0 Å². The third kappa shape index (κ3) is 3.86. The lowest BCUT2D eigenvalue weighted by atomic mass is 10.1. The topological polar surface area (TPSA) is 65.4 Å². The highest BCUT2D eigenvalue weighted by Gasteiger charge is 2.13. The molecule has 1 heterocycles. The minimum atomic E-state index is -0.633. The van der Waals surface area contributed by atoms with Crippen LogP contribution in [0.1, 0.15) is 23.3 Å². The summed E-state index contributed by atoms with van der Waals surface area (Å²) in [5.41, 5.74) is 1.77. The number of aliphatic hydroxyl groups excluding tert-OH is 2. The van der Waals surface area contributed by atoms with Crippen LogP contribution < -0.4 is 5.32 Å². The molecule has 2 aromatic rings. The third-order valence-corrected chi connectivity index (χ3v) is 3.01. The van der Waals surface area contributed by atoms with Crippen molar-refractivity contribution in [2.45, 2.75) is 12.1 Å². The molecule has 2 atom stereocenters. The Kier molecular flexibility index (Phi) is 5.03. The van der Waals surface area contributed by atoms with E-state index in [4.69, 9.17) is 0 Å². The van der Waals surface area contributed by atoms with Crippen LogP contribution in [-0.2, 0) is 0 Å². The lowest BCUT2D eigenvalue weighted by Gasteiger charge is -2.19. The van der Waals surface area contributed by atoms with Gasteiger partial charge in [-0.15, -0.1) is 0 Å². The van der Waals surface area contributed by atoms with Crippen LogP contribution in [0.5, 0.6) is 0 Å². The molecule has 3 N–H and O–H groups in total. The van der Waals surface area contributed by atoms with Crippen LogP contribution in [0.2, 0.25) is 0 Å². The number of hydrogen-bond acceptors (Lipinski definition) is 4. The molecule has 4 heteroatoms. The molecule has 0 aliphatic rings. The summed E-state index contributed by atoms with van der Waals surface area (Å²) in [5, 5.41) is 22.6. The van der Waals surface area contributed by atoms with E-state index in [1.54, 1.807) is 18.5 Å². The zero-order valence-corrected chi connectivity index (χ0v) is 10.6. The van der Waals surface area contributed by atoms with E-state index in [0.717, 1.165) is 11.1 Å². The molecule has 0 aliphatic carbocycles. The Morgan fingerprint density at radius 1 is 1.05 bits per heavy atom. The van der Waals surface area contributed by atoms with E-state index in [2.05, 4.69) is 10.3 Å². The van der Waals surface area contributed by atoms with Gasteiger partial charge in [0.25, 0.3) is 0 Å². The SMILES string of the molecule is OC[C@H](NC[C@@H](O)c1cccnc1)c1ccccc1. The Hall–Kier alpha value is -1.75. The molecule has 1 aromatic heterocycles. The van der Waals surface area contributed by atoms with Crippen LogP contribution in [0.3, 0.4) is 0 Å². The summed E-state index contributed by atoms with van der Waals surface area (Å²) in [6, 6.07) is 13.1. The second-order valence-electron chi connectivity index (χ2n) is 4.36. The Balaban J connectivity index is 1.94. The normalized spacial score (nSPS) is 14.0. The van der Waals surface area contributed by atoms with E-state index < -0.39 is 6.10 Å². The molecule has 0 radical (unpaired) electrons. The molecule has 19 heavy (non-hydrogen) atoms. The zero-order valence-electron chi connectivity index (χ0n) is 10.6. The fourth-order valence-corrected chi connectivity index (χ4v) is 1.92. The average molecular weight is 258 g/mol. The van der Waals surface area contributed by atoms with Crippen molar-refractivity contribution in [3.8, 4) is 0 Å². The number of nitrogens with one attached hydrogen (secondary N) is 1. The Labute approximate surface area is 112 Å². The van der Waals surface area contributed by atoms with Crippen molar-refractivity contribution in [3.05, 3.63) is 66.0 Å². The second kappa shape index (κ2) is 6.99. The lowest BCUT2D eigenvalue weighted by Crippen LogP contribution is -2.28. The summed E-state index contributed by atoms with van der Waals surface area (Å²) in [7, 11) is 0. The molecular formula is C15H18N2O2. The predicted molar refractivity (Wildman–Crippen MR) is 73.5 cm³/mol. The molecule has 0 bridgehead atoms. The quantitative estimate of drug-likeness (QED) is 0.733. The van der Waals surface area contributed by atoms with Gasteiger partial charge in [-0.3, -0.25) is 4.98 Å². The highest BCUT2D eigenvalue weighted by Crippen LogP contribution is 2.14. The van der Waals surface area contributed by atoms with Gasteiger partial charge in [0.1, 0.15) is 0 Å². The molecule has 0 amide bonds. The number of pyridine rings is 1. The predicted octanol–water partition coefficient (Wildman–Crippen LogP) is 1.44. The summed E-state index contributed by atoms with van der Waals surface area (Å²) >= 11 is 0. The van der Waals surface area contributed by atoms with Crippen molar-refractivity contribution in [2.75, 3.05) is 13.2 Å². The van der Waals surface area contributed by atoms with E-state index in [-0.39, 0.29) is 12.6 Å². The summed E-state index contributed by atoms with van der Waals surface area (Å²) in [5.74, 6) is 0. The van der Waals surface area contributed by atoms with Crippen LogP contribution in [0.25, 0.3) is 0 Å². The van der Waals surface area contributed by atoms with Crippen molar-refractivity contribution in [3.63, 3.8) is 0 Å². The lowest BCUT2D eigenvalue weighted by molar-refractivity contribution is 0.158. The molecule has 0 spiro atoms. The fraction of sp³-hybridized carbons (Fsp3) is 0.267. The van der Waals surface area contributed by atoms with E-state index in [9.17, 15) is 10.2 Å². The summed E-state index contributed by atoms with van der Waals surface area (Å²) < 4.78 is 0. The van der Waals surface area contributed by atoms with Crippen LogP contribution in [0.4, 0.5) is 0 Å². The number of aromatic nitrogens is 1. The number of nitrogens with zero attached hydrogens (tertiary/aromatic N) is 1. The van der Waals surface area contributed by atoms with Crippen molar-refractivity contribution >= 4 is 0 Å². The van der Waals surface area contributed by atoms with Gasteiger partial charge in [-0.05, 0) is 11.6 Å². The zero-order chi connectivity index (χ0) is 13.5. The van der Waals surface area contributed by atoms with Crippen molar-refractivity contribution in [1.29, 1.82) is 0 Å². The van der Waals surface area contributed by atoms with Crippen molar-refractivity contribution in [1.82, 2.24) is 10.3 Å². The summed E-state index contributed by atoms with van der Waals surface area (Å²) in [6.45, 7) is 0.357. The minimum Gasteiger partial charge on any atom is -0.394 e. The van der Waals surface area contributed by atoms with E-state index >= 15 is 0 Å². The summed E-state index contributed by atoms with van der Waals surface area (Å²) in [4.78, 5) is 3.97. The van der Waals surface area contributed by atoms with Crippen LogP contribution >= 0.6 is 0 Å². The van der Waals surface area contributed by atoms with Gasteiger partial charge in [0.15, 0.2) is 0 Å². The maximum atomic E-state index is 10.0. The molecule has 0 saturated carbocycles. The standard InChI is InChI=1S/C15H18N2O2/c18-11-14(12-5-2-1-3-6-12)17-10-15(19)13-7-4-8-16-9-13/h1-9,14-15,17-19H,10-11H2/t14-,15+/m0/s1. The fourth-order valence-electron chi connectivity index (χ4n) is 1.92. The monoisotopic (exact) mass is 258 g/mol. The first kappa shape index (κ1) is 13.7. The first-order valence-corrected chi connectivity index (χ1v) is 6.28. The molecule has 0 aliphatic heterocycles.